The molecule has 0 atom stereocenters. The van der Waals surface area contributed by atoms with Crippen LogP contribution in [0.2, 0.25) is 0 Å². The molecule has 0 amide bonds. The van der Waals surface area contributed by atoms with Crippen molar-refractivity contribution in [1.29, 1.82) is 0 Å². The molecule has 0 saturated carbocycles. The number of rotatable bonds is 7. The minimum absolute atomic E-state index is 0.442. The smallest absolute Gasteiger partial charge is 0.122 e. The first-order valence-corrected chi connectivity index (χ1v) is 5.23. The predicted molar refractivity (Wildman–Crippen MR) is 65.3 cm³/mol. The van der Waals surface area contributed by atoms with Gasteiger partial charge in [-0.1, -0.05) is 5.11 Å². The Hall–Kier alpha value is -1.91. The van der Waals surface area contributed by atoms with Gasteiger partial charge in [0.25, 0.3) is 0 Å². The van der Waals surface area contributed by atoms with Gasteiger partial charge in [0.05, 0.1) is 14.2 Å². The van der Waals surface area contributed by atoms with Crippen LogP contribution >= 0.6 is 0 Å². The fourth-order valence-electron chi connectivity index (χ4n) is 1.37. The number of hydrogen-bond acceptors (Lipinski definition) is 4. The summed E-state index contributed by atoms with van der Waals surface area (Å²) < 4.78 is 10.3. The van der Waals surface area contributed by atoms with E-state index in [1.165, 1.54) is 0 Å². The van der Waals surface area contributed by atoms with Crippen LogP contribution in [0.15, 0.2) is 23.3 Å². The second kappa shape index (κ2) is 7.38. The Morgan fingerprint density at radius 1 is 1.24 bits per heavy atom. The SMILES string of the molecule is COc1cc(CNCCN=[N+]=[N-])cc(OC)c1. The molecule has 0 aliphatic rings. The molecule has 0 radical (unpaired) electrons. The lowest BCUT2D eigenvalue weighted by molar-refractivity contribution is 0.393. The van der Waals surface area contributed by atoms with E-state index in [1.807, 2.05) is 18.2 Å². The van der Waals surface area contributed by atoms with Crippen LogP contribution in [0.3, 0.4) is 0 Å². The van der Waals surface area contributed by atoms with E-state index >= 15 is 0 Å². The maximum atomic E-state index is 8.12. The van der Waals surface area contributed by atoms with Gasteiger partial charge in [-0.15, -0.1) is 0 Å². The van der Waals surface area contributed by atoms with Crippen LogP contribution < -0.4 is 14.8 Å². The highest BCUT2D eigenvalue weighted by molar-refractivity contribution is 5.38. The van der Waals surface area contributed by atoms with Crippen molar-refractivity contribution in [3.8, 4) is 11.5 Å². The van der Waals surface area contributed by atoms with E-state index in [-0.39, 0.29) is 0 Å². The normalized spacial score (nSPS) is 9.53. The van der Waals surface area contributed by atoms with Crippen molar-refractivity contribution in [1.82, 2.24) is 5.32 Å². The van der Waals surface area contributed by atoms with Crippen LogP contribution in [0.1, 0.15) is 5.56 Å². The fraction of sp³-hybridized carbons (Fsp3) is 0.455. The summed E-state index contributed by atoms with van der Waals surface area (Å²) >= 11 is 0. The largest absolute Gasteiger partial charge is 0.497 e. The highest BCUT2D eigenvalue weighted by atomic mass is 16.5. The Kier molecular flexibility index (Phi) is 5.71. The Morgan fingerprint density at radius 3 is 2.41 bits per heavy atom. The maximum absolute atomic E-state index is 8.12. The molecule has 6 nitrogen and oxygen atoms in total. The first kappa shape index (κ1) is 13.2. The molecule has 0 bridgehead atoms. The van der Waals surface area contributed by atoms with Gasteiger partial charge >= 0.3 is 0 Å². The monoisotopic (exact) mass is 236 g/mol. The molecule has 17 heavy (non-hydrogen) atoms. The van der Waals surface area contributed by atoms with Crippen molar-refractivity contribution in [3.05, 3.63) is 34.2 Å². The van der Waals surface area contributed by atoms with E-state index in [9.17, 15) is 0 Å². The minimum Gasteiger partial charge on any atom is -0.497 e. The van der Waals surface area contributed by atoms with Crippen molar-refractivity contribution in [2.75, 3.05) is 27.3 Å². The van der Waals surface area contributed by atoms with E-state index in [1.54, 1.807) is 14.2 Å². The maximum Gasteiger partial charge on any atom is 0.122 e. The molecule has 6 heteroatoms. The lowest BCUT2D eigenvalue weighted by atomic mass is 10.2. The summed E-state index contributed by atoms with van der Waals surface area (Å²) in [7, 11) is 3.24. The highest BCUT2D eigenvalue weighted by Crippen LogP contribution is 2.22. The summed E-state index contributed by atoms with van der Waals surface area (Å²) in [6.45, 7) is 1.76. The number of hydrogen-bond donors (Lipinski definition) is 1. The van der Waals surface area contributed by atoms with Crippen LogP contribution in [0, 0.1) is 0 Å². The summed E-state index contributed by atoms with van der Waals surface area (Å²) in [5.74, 6) is 1.52. The van der Waals surface area contributed by atoms with E-state index in [0.717, 1.165) is 17.1 Å². The molecule has 1 rings (SSSR count). The molecule has 0 spiro atoms. The Labute approximate surface area is 100 Å². The number of azide groups is 1. The van der Waals surface area contributed by atoms with Crippen molar-refractivity contribution in [2.24, 2.45) is 5.11 Å². The van der Waals surface area contributed by atoms with Gasteiger partial charge in [-0.2, -0.15) is 0 Å². The summed E-state index contributed by atoms with van der Waals surface area (Å²) in [5.41, 5.74) is 9.17. The lowest BCUT2D eigenvalue weighted by Gasteiger charge is -2.08. The van der Waals surface area contributed by atoms with Crippen LogP contribution in [-0.2, 0) is 6.54 Å². The highest BCUT2D eigenvalue weighted by Gasteiger charge is 2.01. The average molecular weight is 236 g/mol. The fourth-order valence-corrected chi connectivity index (χ4v) is 1.37. The molecule has 1 N–H and O–H groups in total. The lowest BCUT2D eigenvalue weighted by Crippen LogP contribution is -2.16. The van der Waals surface area contributed by atoms with Crippen molar-refractivity contribution in [3.63, 3.8) is 0 Å². The molecule has 0 aliphatic carbocycles. The molecule has 0 aliphatic heterocycles. The van der Waals surface area contributed by atoms with Gasteiger partial charge in [0.1, 0.15) is 11.5 Å². The molecule has 1 aromatic rings. The van der Waals surface area contributed by atoms with Crippen molar-refractivity contribution < 1.29 is 9.47 Å². The van der Waals surface area contributed by atoms with Crippen LogP contribution in [0.5, 0.6) is 11.5 Å². The van der Waals surface area contributed by atoms with E-state index in [2.05, 4.69) is 15.3 Å². The first-order chi connectivity index (χ1) is 8.30. The molecule has 92 valence electrons. The molecule has 0 heterocycles. The van der Waals surface area contributed by atoms with E-state index < -0.39 is 0 Å². The Bertz CT molecular complexity index is 380. The van der Waals surface area contributed by atoms with Crippen LogP contribution in [-0.4, -0.2) is 27.3 Å². The van der Waals surface area contributed by atoms with Crippen LogP contribution in [0.25, 0.3) is 10.4 Å². The molecular weight excluding hydrogens is 220 g/mol. The average Bonchev–Trinajstić information content (AvgIpc) is 2.38. The van der Waals surface area contributed by atoms with Gasteiger partial charge < -0.3 is 14.8 Å². The van der Waals surface area contributed by atoms with E-state index in [4.69, 9.17) is 15.0 Å². The topological polar surface area (TPSA) is 79.2 Å². The van der Waals surface area contributed by atoms with Gasteiger partial charge in [0, 0.05) is 30.6 Å². The second-order valence-electron chi connectivity index (χ2n) is 3.35. The molecule has 1 aromatic carbocycles. The minimum atomic E-state index is 0.442. The van der Waals surface area contributed by atoms with Crippen molar-refractivity contribution >= 4 is 0 Å². The zero-order valence-electron chi connectivity index (χ0n) is 10.0. The molecule has 0 fully saturated rings. The summed E-state index contributed by atoms with van der Waals surface area (Å²) in [5, 5.41) is 6.60. The summed E-state index contributed by atoms with van der Waals surface area (Å²) in [4.78, 5) is 2.68. The molecule has 0 unspecified atom stereocenters. The van der Waals surface area contributed by atoms with Gasteiger partial charge in [-0.05, 0) is 23.2 Å². The van der Waals surface area contributed by atoms with Gasteiger partial charge in [-0.25, -0.2) is 0 Å². The predicted octanol–water partition coefficient (Wildman–Crippen LogP) is 2.10. The van der Waals surface area contributed by atoms with Gasteiger partial charge in [-0.3, -0.25) is 0 Å². The zero-order valence-corrected chi connectivity index (χ0v) is 10.0. The summed E-state index contributed by atoms with van der Waals surface area (Å²) in [6.07, 6.45) is 0. The van der Waals surface area contributed by atoms with Gasteiger partial charge in [0.2, 0.25) is 0 Å². The number of benzene rings is 1. The summed E-state index contributed by atoms with van der Waals surface area (Å²) in [6, 6.07) is 5.69. The third-order valence-corrected chi connectivity index (χ3v) is 2.19. The Morgan fingerprint density at radius 2 is 1.88 bits per heavy atom. The third kappa shape index (κ3) is 4.63. The number of nitrogens with zero attached hydrogens (tertiary/aromatic N) is 3. The van der Waals surface area contributed by atoms with Gasteiger partial charge in [0.15, 0.2) is 0 Å². The number of nitrogens with one attached hydrogen (secondary N) is 1. The Balaban J connectivity index is 2.54. The molecule has 0 saturated heterocycles. The number of methoxy groups -OCH3 is 2. The standard InChI is InChI=1S/C11H16N4O2/c1-16-10-5-9(6-11(7-10)17-2)8-13-3-4-14-15-12/h5-7,13H,3-4,8H2,1-2H3. The van der Waals surface area contributed by atoms with Crippen molar-refractivity contribution in [2.45, 2.75) is 6.54 Å². The first-order valence-electron chi connectivity index (χ1n) is 5.23. The quantitative estimate of drug-likeness (QED) is 0.341. The number of ether oxygens (including phenoxy) is 2. The van der Waals surface area contributed by atoms with Crippen LogP contribution in [0.4, 0.5) is 0 Å². The molecule has 0 aromatic heterocycles. The third-order valence-electron chi connectivity index (χ3n) is 2.19. The molecular formula is C11H16N4O2. The zero-order chi connectivity index (χ0) is 12.5. The second-order valence-corrected chi connectivity index (χ2v) is 3.35. The van der Waals surface area contributed by atoms with E-state index in [0.29, 0.717) is 19.6 Å².